The van der Waals surface area contributed by atoms with E-state index in [4.69, 9.17) is 5.84 Å². The van der Waals surface area contributed by atoms with Gasteiger partial charge in [-0.3, -0.25) is 5.43 Å². The maximum absolute atomic E-state index is 10.5. The summed E-state index contributed by atoms with van der Waals surface area (Å²) in [6, 6.07) is -0.359. The van der Waals surface area contributed by atoms with Gasteiger partial charge in [0.15, 0.2) is 0 Å². The maximum atomic E-state index is 10.5. The van der Waals surface area contributed by atoms with Gasteiger partial charge < -0.3 is 5.32 Å². The molecule has 0 aliphatic rings. The standard InChI is InChI=1S/C5H13N3O.C2H6/c1-5(2,3)7-4(9)8-6;1-2/h6H2,1-3H3,(H2,7,8,9);1-2H3. The van der Waals surface area contributed by atoms with Crippen LogP contribution in [0.25, 0.3) is 0 Å². The summed E-state index contributed by atoms with van der Waals surface area (Å²) in [5.74, 6) is 4.82. The van der Waals surface area contributed by atoms with Gasteiger partial charge in [-0.2, -0.15) is 0 Å². The number of hydrazine groups is 1. The van der Waals surface area contributed by atoms with E-state index in [-0.39, 0.29) is 11.6 Å². The molecule has 0 aliphatic carbocycles. The Bertz CT molecular complexity index is 107. The van der Waals surface area contributed by atoms with Crippen molar-refractivity contribution >= 4 is 6.03 Å². The van der Waals surface area contributed by atoms with Crippen LogP contribution in [0.2, 0.25) is 0 Å². The van der Waals surface area contributed by atoms with Gasteiger partial charge in [0.1, 0.15) is 0 Å². The third-order valence-electron chi connectivity index (χ3n) is 0.620. The molecule has 11 heavy (non-hydrogen) atoms. The Labute approximate surface area is 68.5 Å². The predicted octanol–water partition coefficient (Wildman–Crippen LogP) is 0.984. The van der Waals surface area contributed by atoms with Crippen molar-refractivity contribution < 1.29 is 4.79 Å². The first-order valence-electron chi connectivity index (χ1n) is 3.74. The normalized spacial score (nSPS) is 9.27. The highest BCUT2D eigenvalue weighted by Crippen LogP contribution is 1.96. The van der Waals surface area contributed by atoms with Crippen molar-refractivity contribution in [2.24, 2.45) is 5.84 Å². The lowest BCUT2D eigenvalue weighted by molar-refractivity contribution is 0.232. The fourth-order valence-corrected chi connectivity index (χ4v) is 0.377. The van der Waals surface area contributed by atoms with Gasteiger partial charge in [0.05, 0.1) is 0 Å². The van der Waals surface area contributed by atoms with Crippen LogP contribution in [0.4, 0.5) is 4.79 Å². The SMILES string of the molecule is CC.CC(C)(C)NC(=O)NN. The van der Waals surface area contributed by atoms with Crippen molar-refractivity contribution in [3.05, 3.63) is 0 Å². The Morgan fingerprint density at radius 2 is 1.64 bits per heavy atom. The maximum Gasteiger partial charge on any atom is 0.329 e. The first-order valence-corrected chi connectivity index (χ1v) is 3.74. The summed E-state index contributed by atoms with van der Waals surface area (Å²) in [6.45, 7) is 9.63. The molecule has 0 saturated carbocycles. The van der Waals surface area contributed by atoms with Gasteiger partial charge in [-0.15, -0.1) is 0 Å². The van der Waals surface area contributed by atoms with Gasteiger partial charge in [0.2, 0.25) is 0 Å². The minimum absolute atomic E-state index is 0.219. The van der Waals surface area contributed by atoms with Crippen LogP contribution < -0.4 is 16.6 Å². The molecule has 4 heteroatoms. The van der Waals surface area contributed by atoms with Crippen molar-refractivity contribution in [3.63, 3.8) is 0 Å². The van der Waals surface area contributed by atoms with Gasteiger partial charge in [0.25, 0.3) is 0 Å². The molecular weight excluding hydrogens is 142 g/mol. The van der Waals surface area contributed by atoms with Crippen LogP contribution in [0.1, 0.15) is 34.6 Å². The smallest absolute Gasteiger partial charge is 0.329 e. The van der Waals surface area contributed by atoms with E-state index >= 15 is 0 Å². The van der Waals surface area contributed by atoms with Crippen LogP contribution in [0, 0.1) is 0 Å². The van der Waals surface area contributed by atoms with Gasteiger partial charge in [-0.05, 0) is 20.8 Å². The van der Waals surface area contributed by atoms with E-state index in [2.05, 4.69) is 5.32 Å². The lowest BCUT2D eigenvalue weighted by Crippen LogP contribution is -2.48. The molecule has 0 aromatic heterocycles. The van der Waals surface area contributed by atoms with Crippen LogP contribution in [-0.2, 0) is 0 Å². The lowest BCUT2D eigenvalue weighted by atomic mass is 10.1. The van der Waals surface area contributed by atoms with E-state index in [1.807, 2.05) is 40.0 Å². The first kappa shape index (κ1) is 12.9. The molecule has 0 aliphatic heterocycles. The number of nitrogens with two attached hydrogens (primary N) is 1. The Morgan fingerprint density at radius 1 is 1.27 bits per heavy atom. The third-order valence-corrected chi connectivity index (χ3v) is 0.620. The second-order valence-corrected chi connectivity index (χ2v) is 2.85. The number of carbonyl (C=O) groups is 1. The summed E-state index contributed by atoms with van der Waals surface area (Å²) in [5.41, 5.74) is 1.75. The molecule has 0 atom stereocenters. The molecule has 0 rings (SSSR count). The highest BCUT2D eigenvalue weighted by molar-refractivity contribution is 5.73. The van der Waals surface area contributed by atoms with Crippen molar-refractivity contribution in [1.82, 2.24) is 10.7 Å². The zero-order chi connectivity index (χ0) is 9.49. The number of urea groups is 1. The van der Waals surface area contributed by atoms with Gasteiger partial charge in [-0.1, -0.05) is 13.8 Å². The molecule has 4 N–H and O–H groups in total. The summed E-state index contributed by atoms with van der Waals surface area (Å²) in [7, 11) is 0. The van der Waals surface area contributed by atoms with Crippen LogP contribution in [-0.4, -0.2) is 11.6 Å². The summed E-state index contributed by atoms with van der Waals surface area (Å²) in [4.78, 5) is 10.5. The number of hydrogen-bond acceptors (Lipinski definition) is 2. The predicted molar refractivity (Wildman–Crippen MR) is 47.0 cm³/mol. The molecule has 0 aromatic carbocycles. The minimum atomic E-state index is -0.359. The molecule has 68 valence electrons. The van der Waals surface area contributed by atoms with Crippen molar-refractivity contribution in [2.45, 2.75) is 40.2 Å². The van der Waals surface area contributed by atoms with Gasteiger partial charge in [0, 0.05) is 5.54 Å². The number of amides is 2. The van der Waals surface area contributed by atoms with Crippen molar-refractivity contribution in [1.29, 1.82) is 0 Å². The van der Waals surface area contributed by atoms with E-state index in [1.165, 1.54) is 0 Å². The van der Waals surface area contributed by atoms with E-state index in [0.29, 0.717) is 0 Å². The Morgan fingerprint density at radius 3 is 1.73 bits per heavy atom. The molecule has 2 amide bonds. The monoisotopic (exact) mass is 161 g/mol. The molecule has 0 fully saturated rings. The molecule has 0 unspecified atom stereocenters. The van der Waals surface area contributed by atoms with E-state index < -0.39 is 0 Å². The van der Waals surface area contributed by atoms with Crippen LogP contribution in [0.3, 0.4) is 0 Å². The molecule has 0 spiro atoms. The summed E-state index contributed by atoms with van der Waals surface area (Å²) in [6.07, 6.45) is 0. The molecule has 0 radical (unpaired) electrons. The quantitative estimate of drug-likeness (QED) is 0.282. The highest BCUT2D eigenvalue weighted by Gasteiger charge is 2.11. The van der Waals surface area contributed by atoms with Crippen LogP contribution in [0.15, 0.2) is 0 Å². The first-order chi connectivity index (χ1) is 4.95. The molecule has 4 nitrogen and oxygen atoms in total. The van der Waals surface area contributed by atoms with E-state index in [0.717, 1.165) is 0 Å². The molecular formula is C7H19N3O. The second-order valence-electron chi connectivity index (χ2n) is 2.85. The largest absolute Gasteiger partial charge is 0.332 e. The lowest BCUT2D eigenvalue weighted by Gasteiger charge is -2.19. The Hall–Kier alpha value is -0.770. The molecule has 0 bridgehead atoms. The molecule has 0 heterocycles. The zero-order valence-corrected chi connectivity index (χ0v) is 7.99. The molecule has 0 aromatic rings. The minimum Gasteiger partial charge on any atom is -0.332 e. The number of hydrogen-bond donors (Lipinski definition) is 3. The number of carbonyl (C=O) groups excluding carboxylic acids is 1. The topological polar surface area (TPSA) is 67.2 Å². The Kier molecular flexibility index (Phi) is 6.99. The summed E-state index contributed by atoms with van der Waals surface area (Å²) >= 11 is 0. The van der Waals surface area contributed by atoms with Gasteiger partial charge in [-0.25, -0.2) is 10.6 Å². The van der Waals surface area contributed by atoms with Crippen molar-refractivity contribution in [3.8, 4) is 0 Å². The number of nitrogens with one attached hydrogen (secondary N) is 2. The highest BCUT2D eigenvalue weighted by atomic mass is 16.2. The van der Waals surface area contributed by atoms with E-state index in [1.54, 1.807) is 0 Å². The van der Waals surface area contributed by atoms with E-state index in [9.17, 15) is 4.79 Å². The molecule has 0 saturated heterocycles. The zero-order valence-electron chi connectivity index (χ0n) is 7.99. The van der Waals surface area contributed by atoms with Crippen LogP contribution in [0.5, 0.6) is 0 Å². The fraction of sp³-hybridized carbons (Fsp3) is 0.857. The summed E-state index contributed by atoms with van der Waals surface area (Å²) in [5, 5.41) is 2.59. The van der Waals surface area contributed by atoms with Crippen LogP contribution >= 0.6 is 0 Å². The average Bonchev–Trinajstić information content (AvgIpc) is 1.89. The summed E-state index contributed by atoms with van der Waals surface area (Å²) < 4.78 is 0. The average molecular weight is 161 g/mol. The number of rotatable bonds is 0. The van der Waals surface area contributed by atoms with Gasteiger partial charge >= 0.3 is 6.03 Å². The second kappa shape index (κ2) is 5.97. The fourth-order valence-electron chi connectivity index (χ4n) is 0.377. The Balaban J connectivity index is 0. The van der Waals surface area contributed by atoms with Crippen molar-refractivity contribution in [2.75, 3.05) is 0 Å². The third kappa shape index (κ3) is 12.4.